The highest BCUT2D eigenvalue weighted by molar-refractivity contribution is 5.76. The molecule has 0 radical (unpaired) electrons. The smallest absolute Gasteiger partial charge is 0.387 e. The van der Waals surface area contributed by atoms with Crippen LogP contribution in [0.4, 0.5) is 8.78 Å². The third kappa shape index (κ3) is 5.90. The van der Waals surface area contributed by atoms with Crippen molar-refractivity contribution < 1.29 is 23.6 Å². The first-order valence-corrected chi connectivity index (χ1v) is 7.73. The summed E-state index contributed by atoms with van der Waals surface area (Å²) in [6, 6.07) is 15.9. The van der Waals surface area contributed by atoms with Gasteiger partial charge < -0.3 is 15.4 Å². The molecule has 0 saturated heterocycles. The Balaban J connectivity index is 2.14. The highest BCUT2D eigenvalue weighted by atomic mass is 19.3. The van der Waals surface area contributed by atoms with E-state index in [4.69, 9.17) is 6.42 Å². The average molecular weight is 345 g/mol. The van der Waals surface area contributed by atoms with E-state index in [1.54, 1.807) is 12.1 Å². The van der Waals surface area contributed by atoms with Gasteiger partial charge in [-0.05, 0) is 24.3 Å². The van der Waals surface area contributed by atoms with Crippen LogP contribution in [0.1, 0.15) is 17.2 Å². The molecule has 1 amide bonds. The summed E-state index contributed by atoms with van der Waals surface area (Å²) in [6.45, 7) is -2.49. The largest absolute Gasteiger partial charge is 0.435 e. The van der Waals surface area contributed by atoms with Crippen molar-refractivity contribution in [2.75, 3.05) is 13.1 Å². The van der Waals surface area contributed by atoms with Crippen molar-refractivity contribution in [3.05, 3.63) is 65.7 Å². The van der Waals surface area contributed by atoms with Crippen molar-refractivity contribution in [3.63, 3.8) is 0 Å². The number of benzene rings is 2. The molecule has 2 aromatic carbocycles. The van der Waals surface area contributed by atoms with E-state index in [-0.39, 0.29) is 30.8 Å². The average Bonchev–Trinajstić information content (AvgIpc) is 2.62. The molecule has 0 aliphatic carbocycles. The minimum absolute atomic E-state index is 0.0947. The molecule has 130 valence electrons. The van der Waals surface area contributed by atoms with E-state index < -0.39 is 6.61 Å². The second-order valence-electron chi connectivity index (χ2n) is 5.26. The highest BCUT2D eigenvalue weighted by Crippen LogP contribution is 2.22. The SMILES string of the molecule is C#CCNC(=O)C[NH2+][C@H](c1ccccc1)c1ccc(OC(F)F)cc1. The van der Waals surface area contributed by atoms with Crippen LogP contribution in [0.5, 0.6) is 5.75 Å². The minimum Gasteiger partial charge on any atom is -0.435 e. The van der Waals surface area contributed by atoms with Crippen LogP contribution in [0.3, 0.4) is 0 Å². The number of nitrogens with one attached hydrogen (secondary N) is 1. The third-order valence-corrected chi connectivity index (χ3v) is 3.55. The van der Waals surface area contributed by atoms with Crippen LogP contribution in [0.2, 0.25) is 0 Å². The summed E-state index contributed by atoms with van der Waals surface area (Å²) in [4.78, 5) is 11.8. The summed E-state index contributed by atoms with van der Waals surface area (Å²) in [6.07, 6.45) is 5.12. The molecule has 3 N–H and O–H groups in total. The van der Waals surface area contributed by atoms with Crippen LogP contribution in [-0.4, -0.2) is 25.6 Å². The Hall–Kier alpha value is -2.91. The van der Waals surface area contributed by atoms with Crippen molar-refractivity contribution in [1.29, 1.82) is 0 Å². The molecule has 6 heteroatoms. The quantitative estimate of drug-likeness (QED) is 0.716. The number of quaternary nitrogens is 1. The standard InChI is InChI=1S/C19H18F2N2O2/c1-2-12-22-17(24)13-23-18(14-6-4-3-5-7-14)15-8-10-16(11-9-15)25-19(20)21/h1,3-11,18-19,23H,12-13H2,(H,22,24)/p+1/t18-/m1/s1. The number of carbonyl (C=O) groups excluding carboxylic acids is 1. The molecule has 2 rings (SSSR count). The normalized spacial score (nSPS) is 11.6. The third-order valence-electron chi connectivity index (χ3n) is 3.55. The Bertz CT molecular complexity index is 712. The fraction of sp³-hybridized carbons (Fsp3) is 0.211. The van der Waals surface area contributed by atoms with Crippen molar-refractivity contribution in [1.82, 2.24) is 5.32 Å². The molecule has 0 aliphatic rings. The molecule has 1 atom stereocenters. The number of hydrogen-bond acceptors (Lipinski definition) is 2. The number of rotatable bonds is 8. The first kappa shape index (κ1) is 18.4. The summed E-state index contributed by atoms with van der Waals surface area (Å²) in [5.74, 6) is 2.28. The van der Waals surface area contributed by atoms with Gasteiger partial charge in [-0.3, -0.25) is 4.79 Å². The molecule has 0 fully saturated rings. The van der Waals surface area contributed by atoms with Crippen LogP contribution in [0.25, 0.3) is 0 Å². The van der Waals surface area contributed by atoms with Crippen molar-refractivity contribution in [3.8, 4) is 18.1 Å². The Kier molecular flexibility index (Phi) is 6.93. The molecule has 0 saturated carbocycles. The lowest BCUT2D eigenvalue weighted by atomic mass is 9.98. The van der Waals surface area contributed by atoms with Gasteiger partial charge in [-0.1, -0.05) is 36.3 Å². The molecular formula is C19H19F2N2O2+. The maximum absolute atomic E-state index is 12.3. The second kappa shape index (κ2) is 9.40. The number of hydrogen-bond donors (Lipinski definition) is 2. The summed E-state index contributed by atoms with van der Waals surface area (Å²) in [5.41, 5.74) is 1.87. The topological polar surface area (TPSA) is 54.9 Å². The molecule has 0 heterocycles. The molecule has 0 spiro atoms. The number of terminal acetylenes is 1. The number of alkyl halides is 2. The number of halogens is 2. The van der Waals surface area contributed by atoms with Gasteiger partial charge in [0.2, 0.25) is 0 Å². The van der Waals surface area contributed by atoms with E-state index in [1.165, 1.54) is 12.1 Å². The van der Waals surface area contributed by atoms with Crippen LogP contribution in [0.15, 0.2) is 54.6 Å². The van der Waals surface area contributed by atoms with Crippen molar-refractivity contribution >= 4 is 5.91 Å². The van der Waals surface area contributed by atoms with Gasteiger partial charge >= 0.3 is 6.61 Å². The monoisotopic (exact) mass is 345 g/mol. The van der Waals surface area contributed by atoms with Gasteiger partial charge in [-0.2, -0.15) is 8.78 Å². The zero-order valence-electron chi connectivity index (χ0n) is 13.5. The molecule has 25 heavy (non-hydrogen) atoms. The zero-order chi connectivity index (χ0) is 18.1. The van der Waals surface area contributed by atoms with Gasteiger partial charge in [0.05, 0.1) is 6.54 Å². The Morgan fingerprint density at radius 2 is 1.76 bits per heavy atom. The predicted octanol–water partition coefficient (Wildman–Crippen LogP) is 1.69. The van der Waals surface area contributed by atoms with E-state index >= 15 is 0 Å². The Labute approximate surface area is 145 Å². The number of carbonyl (C=O) groups is 1. The van der Waals surface area contributed by atoms with Gasteiger partial charge in [0, 0.05) is 11.1 Å². The second-order valence-corrected chi connectivity index (χ2v) is 5.26. The molecule has 2 aromatic rings. The van der Waals surface area contributed by atoms with Crippen molar-refractivity contribution in [2.24, 2.45) is 0 Å². The van der Waals surface area contributed by atoms with Crippen molar-refractivity contribution in [2.45, 2.75) is 12.7 Å². The van der Waals surface area contributed by atoms with E-state index in [2.05, 4.69) is 16.0 Å². The molecule has 0 unspecified atom stereocenters. The fourth-order valence-electron chi connectivity index (χ4n) is 2.43. The molecule has 4 nitrogen and oxygen atoms in total. The summed E-state index contributed by atoms with van der Waals surface area (Å²) in [7, 11) is 0. The number of ether oxygens (including phenoxy) is 1. The lowest BCUT2D eigenvalue weighted by Gasteiger charge is -2.17. The lowest BCUT2D eigenvalue weighted by molar-refractivity contribution is -0.676. The molecule has 0 bridgehead atoms. The van der Waals surface area contributed by atoms with Gasteiger partial charge in [0.1, 0.15) is 11.8 Å². The van der Waals surface area contributed by atoms with E-state index in [0.29, 0.717) is 0 Å². The minimum atomic E-state index is -2.86. The Morgan fingerprint density at radius 3 is 2.36 bits per heavy atom. The Morgan fingerprint density at radius 1 is 1.12 bits per heavy atom. The summed E-state index contributed by atoms with van der Waals surface area (Å²) >= 11 is 0. The lowest BCUT2D eigenvalue weighted by Crippen LogP contribution is -2.87. The first-order valence-electron chi connectivity index (χ1n) is 7.73. The van der Waals surface area contributed by atoms with E-state index in [9.17, 15) is 13.6 Å². The number of amides is 1. The van der Waals surface area contributed by atoms with Gasteiger partial charge in [0.25, 0.3) is 5.91 Å². The first-order chi connectivity index (χ1) is 12.1. The maximum Gasteiger partial charge on any atom is 0.387 e. The molecular weight excluding hydrogens is 326 g/mol. The summed E-state index contributed by atoms with van der Waals surface area (Å²) in [5, 5.41) is 4.48. The number of nitrogens with two attached hydrogens (primary N) is 1. The van der Waals surface area contributed by atoms with Gasteiger partial charge in [0.15, 0.2) is 6.54 Å². The summed E-state index contributed by atoms with van der Waals surface area (Å²) < 4.78 is 28.9. The molecule has 0 aliphatic heterocycles. The predicted molar refractivity (Wildman–Crippen MR) is 90.0 cm³/mol. The van der Waals surface area contributed by atoms with Crippen LogP contribution in [-0.2, 0) is 4.79 Å². The fourth-order valence-corrected chi connectivity index (χ4v) is 2.43. The van der Waals surface area contributed by atoms with E-state index in [0.717, 1.165) is 11.1 Å². The van der Waals surface area contributed by atoms with Crippen LogP contribution < -0.4 is 15.4 Å². The van der Waals surface area contributed by atoms with Gasteiger partial charge in [-0.25, -0.2) is 0 Å². The highest BCUT2D eigenvalue weighted by Gasteiger charge is 2.19. The van der Waals surface area contributed by atoms with Gasteiger partial charge in [-0.15, -0.1) is 6.42 Å². The maximum atomic E-state index is 12.3. The zero-order valence-corrected chi connectivity index (χ0v) is 13.5. The van der Waals surface area contributed by atoms with Crippen LogP contribution >= 0.6 is 0 Å². The van der Waals surface area contributed by atoms with Crippen LogP contribution in [0, 0.1) is 12.3 Å². The van der Waals surface area contributed by atoms with E-state index in [1.807, 2.05) is 35.6 Å². The molecule has 0 aromatic heterocycles.